The zero-order chi connectivity index (χ0) is 18.7. The molecule has 2 atom stereocenters. The Balaban J connectivity index is 3.02. The van der Waals surface area contributed by atoms with Crippen LogP contribution in [-0.4, -0.2) is 20.1 Å². The van der Waals surface area contributed by atoms with Crippen LogP contribution in [0.3, 0.4) is 0 Å². The molecule has 0 unspecified atom stereocenters. The van der Waals surface area contributed by atoms with E-state index in [2.05, 4.69) is 13.8 Å². The molecule has 0 aliphatic carbocycles. The van der Waals surface area contributed by atoms with Gasteiger partial charge in [0, 0.05) is 5.92 Å². The molecule has 144 valence electrons. The van der Waals surface area contributed by atoms with E-state index in [1.165, 1.54) is 25.7 Å². The molecule has 0 radical (unpaired) electrons. The molecule has 25 heavy (non-hydrogen) atoms. The number of primary sulfonamides is 1. The molecule has 0 spiro atoms. The van der Waals surface area contributed by atoms with Crippen molar-refractivity contribution in [3.63, 3.8) is 0 Å². The first-order valence-corrected chi connectivity index (χ1v) is 11.2. The van der Waals surface area contributed by atoms with Gasteiger partial charge in [-0.15, -0.1) is 0 Å². The lowest BCUT2D eigenvalue weighted by molar-refractivity contribution is 0.206. The molecule has 1 rings (SSSR count). The van der Waals surface area contributed by atoms with Crippen molar-refractivity contribution in [3.05, 3.63) is 29.8 Å². The second kappa shape index (κ2) is 11.7. The van der Waals surface area contributed by atoms with E-state index in [0.29, 0.717) is 5.56 Å². The molecule has 5 heteroatoms. The van der Waals surface area contributed by atoms with Crippen molar-refractivity contribution in [2.45, 2.75) is 82.4 Å². The minimum absolute atomic E-state index is 0.0445. The zero-order valence-corrected chi connectivity index (χ0v) is 16.6. The van der Waals surface area contributed by atoms with Gasteiger partial charge < -0.3 is 5.11 Å². The van der Waals surface area contributed by atoms with Crippen LogP contribution in [0.4, 0.5) is 0 Å². The van der Waals surface area contributed by atoms with E-state index in [1.54, 1.807) is 18.2 Å². The Morgan fingerprint density at radius 2 is 1.52 bits per heavy atom. The summed E-state index contributed by atoms with van der Waals surface area (Å²) in [5.41, 5.74) is 0.671. The Morgan fingerprint density at radius 1 is 0.960 bits per heavy atom. The fourth-order valence-corrected chi connectivity index (χ4v) is 4.40. The van der Waals surface area contributed by atoms with Crippen LogP contribution in [0.5, 0.6) is 0 Å². The van der Waals surface area contributed by atoms with Gasteiger partial charge in [0.2, 0.25) is 10.0 Å². The lowest BCUT2D eigenvalue weighted by atomic mass is 9.80. The summed E-state index contributed by atoms with van der Waals surface area (Å²) in [6.07, 6.45) is 10.2. The van der Waals surface area contributed by atoms with Crippen LogP contribution in [0.25, 0.3) is 0 Å². The summed E-state index contributed by atoms with van der Waals surface area (Å²) < 4.78 is 23.9. The van der Waals surface area contributed by atoms with Crippen LogP contribution in [-0.2, 0) is 10.0 Å². The summed E-state index contributed by atoms with van der Waals surface area (Å²) in [5.74, 6) is 0.115. The van der Waals surface area contributed by atoms with E-state index in [1.807, 2.05) is 6.07 Å². The van der Waals surface area contributed by atoms with E-state index in [9.17, 15) is 13.5 Å². The third kappa shape index (κ3) is 7.47. The fraction of sp³-hybridized carbons (Fsp3) is 0.700. The van der Waals surface area contributed by atoms with Crippen molar-refractivity contribution in [1.29, 1.82) is 0 Å². The molecular formula is C20H35NO3S. The highest BCUT2D eigenvalue weighted by atomic mass is 32.2. The van der Waals surface area contributed by atoms with Crippen LogP contribution in [0.2, 0.25) is 0 Å². The Labute approximate surface area is 153 Å². The number of sulfonamides is 1. The molecule has 0 aliphatic rings. The molecule has 4 nitrogen and oxygen atoms in total. The Kier molecular flexibility index (Phi) is 10.3. The Bertz CT molecular complexity index is 586. The number of hydrogen-bond acceptors (Lipinski definition) is 3. The minimum atomic E-state index is -3.79. The highest BCUT2D eigenvalue weighted by Crippen LogP contribution is 2.35. The standard InChI is InChI=1S/C20H35NO3S/c1-3-5-7-9-13-17(12-8-6-4-2)19(16-22)18-14-10-11-15-20(18)25(21,23)24/h10-11,14-15,17,19,22H,3-9,12-13,16H2,1-2H3,(H2,21,23,24)/t17-,19+/m1/s1. The molecule has 1 aromatic rings. The number of unbranched alkanes of at least 4 members (excludes halogenated alkanes) is 5. The quantitative estimate of drug-likeness (QED) is 0.500. The number of aliphatic hydroxyl groups excluding tert-OH is 1. The van der Waals surface area contributed by atoms with Gasteiger partial charge in [-0.3, -0.25) is 0 Å². The van der Waals surface area contributed by atoms with Gasteiger partial charge in [0.1, 0.15) is 0 Å². The highest BCUT2D eigenvalue weighted by Gasteiger charge is 2.27. The lowest BCUT2D eigenvalue weighted by Gasteiger charge is -2.27. The van der Waals surface area contributed by atoms with Gasteiger partial charge >= 0.3 is 0 Å². The van der Waals surface area contributed by atoms with Crippen LogP contribution >= 0.6 is 0 Å². The molecule has 0 amide bonds. The number of aliphatic hydroxyl groups is 1. The number of hydrogen-bond donors (Lipinski definition) is 2. The smallest absolute Gasteiger partial charge is 0.238 e. The van der Waals surface area contributed by atoms with Crippen LogP contribution in [0, 0.1) is 5.92 Å². The number of nitrogens with two attached hydrogens (primary N) is 1. The van der Waals surface area contributed by atoms with E-state index in [0.717, 1.165) is 32.1 Å². The summed E-state index contributed by atoms with van der Waals surface area (Å²) in [6.45, 7) is 4.32. The van der Waals surface area contributed by atoms with Gasteiger partial charge in [0.05, 0.1) is 11.5 Å². The van der Waals surface area contributed by atoms with E-state index >= 15 is 0 Å². The first kappa shape index (κ1) is 22.1. The van der Waals surface area contributed by atoms with Gasteiger partial charge in [0.15, 0.2) is 0 Å². The van der Waals surface area contributed by atoms with E-state index in [-0.39, 0.29) is 23.3 Å². The first-order valence-electron chi connectivity index (χ1n) is 9.68. The first-order chi connectivity index (χ1) is 12.0. The maximum Gasteiger partial charge on any atom is 0.238 e. The van der Waals surface area contributed by atoms with Gasteiger partial charge in [-0.05, 0) is 30.4 Å². The molecule has 0 fully saturated rings. The Morgan fingerprint density at radius 3 is 2.08 bits per heavy atom. The van der Waals surface area contributed by atoms with E-state index in [4.69, 9.17) is 5.14 Å². The molecule has 0 saturated heterocycles. The summed E-state index contributed by atoms with van der Waals surface area (Å²) >= 11 is 0. The van der Waals surface area contributed by atoms with Gasteiger partial charge in [0.25, 0.3) is 0 Å². The second-order valence-corrected chi connectivity index (χ2v) is 8.51. The number of rotatable bonds is 13. The number of benzene rings is 1. The average molecular weight is 370 g/mol. The van der Waals surface area contributed by atoms with Crippen molar-refractivity contribution >= 4 is 10.0 Å². The summed E-state index contributed by atoms with van der Waals surface area (Å²) in [6, 6.07) is 6.87. The topological polar surface area (TPSA) is 80.4 Å². The maximum atomic E-state index is 12.0. The largest absolute Gasteiger partial charge is 0.396 e. The van der Waals surface area contributed by atoms with Crippen molar-refractivity contribution in [1.82, 2.24) is 0 Å². The molecule has 1 aromatic carbocycles. The molecule has 0 aliphatic heterocycles. The van der Waals surface area contributed by atoms with Crippen molar-refractivity contribution in [2.24, 2.45) is 11.1 Å². The molecule has 0 saturated carbocycles. The van der Waals surface area contributed by atoms with Crippen molar-refractivity contribution in [3.8, 4) is 0 Å². The summed E-state index contributed by atoms with van der Waals surface area (Å²) in [4.78, 5) is 0.156. The normalized spacial score (nSPS) is 14.4. The highest BCUT2D eigenvalue weighted by molar-refractivity contribution is 7.89. The van der Waals surface area contributed by atoms with Crippen LogP contribution < -0.4 is 5.14 Å². The average Bonchev–Trinajstić information content (AvgIpc) is 2.58. The monoisotopic (exact) mass is 369 g/mol. The zero-order valence-electron chi connectivity index (χ0n) is 15.8. The lowest BCUT2D eigenvalue weighted by Crippen LogP contribution is -2.22. The Hall–Kier alpha value is -0.910. The maximum absolute atomic E-state index is 12.0. The van der Waals surface area contributed by atoms with E-state index < -0.39 is 10.0 Å². The molecule has 0 heterocycles. The fourth-order valence-electron chi connectivity index (χ4n) is 3.58. The predicted octanol–water partition coefficient (Wildman–Crippen LogP) is 4.58. The van der Waals surface area contributed by atoms with Gasteiger partial charge in [-0.1, -0.05) is 77.0 Å². The molecule has 3 N–H and O–H groups in total. The molecule has 0 aromatic heterocycles. The van der Waals surface area contributed by atoms with Crippen molar-refractivity contribution < 1.29 is 13.5 Å². The van der Waals surface area contributed by atoms with Gasteiger partial charge in [-0.25, -0.2) is 13.6 Å². The third-order valence-electron chi connectivity index (χ3n) is 5.00. The SMILES string of the molecule is CCCCCC[C@@H](CCCCC)[C@H](CO)c1ccccc1S(N)(=O)=O. The van der Waals surface area contributed by atoms with Crippen LogP contribution in [0.1, 0.15) is 83.1 Å². The van der Waals surface area contributed by atoms with Crippen LogP contribution in [0.15, 0.2) is 29.2 Å². The summed E-state index contributed by atoms with van der Waals surface area (Å²) in [5, 5.41) is 15.5. The molecular weight excluding hydrogens is 334 g/mol. The second-order valence-electron chi connectivity index (χ2n) is 6.98. The van der Waals surface area contributed by atoms with Crippen molar-refractivity contribution in [2.75, 3.05) is 6.61 Å². The molecule has 0 bridgehead atoms. The third-order valence-corrected chi connectivity index (χ3v) is 5.98. The minimum Gasteiger partial charge on any atom is -0.396 e. The summed E-state index contributed by atoms with van der Waals surface area (Å²) in [7, 11) is -3.79. The predicted molar refractivity (Wildman–Crippen MR) is 104 cm³/mol. The van der Waals surface area contributed by atoms with Gasteiger partial charge in [-0.2, -0.15) is 0 Å².